The third kappa shape index (κ3) is 2.09. The summed E-state index contributed by atoms with van der Waals surface area (Å²) < 4.78 is 7.80. The molecule has 2 unspecified atom stereocenters. The Morgan fingerprint density at radius 2 is 2.37 bits per heavy atom. The highest BCUT2D eigenvalue weighted by atomic mass is 16.5. The summed E-state index contributed by atoms with van der Waals surface area (Å²) in [5.74, 6) is 6.64. The fraction of sp³-hybridized carbons (Fsp3) is 0.385. The topological polar surface area (TPSA) is 78.0 Å². The summed E-state index contributed by atoms with van der Waals surface area (Å²) in [6.07, 6.45) is 2.53. The quantitative estimate of drug-likeness (QED) is 0.627. The predicted molar refractivity (Wildman–Crippen MR) is 70.3 cm³/mol. The van der Waals surface area contributed by atoms with E-state index < -0.39 is 0 Å². The number of fused-ring (bicyclic) bond motifs is 1. The molecule has 1 aliphatic heterocycles. The highest BCUT2D eigenvalue weighted by Gasteiger charge is 2.32. The fourth-order valence-electron chi connectivity index (χ4n) is 2.53. The van der Waals surface area contributed by atoms with Gasteiger partial charge in [0.15, 0.2) is 0 Å². The van der Waals surface area contributed by atoms with Crippen molar-refractivity contribution in [3.05, 3.63) is 41.7 Å². The minimum absolute atomic E-state index is 0.0359. The number of nitrogens with two attached hydrogens (primary N) is 1. The highest BCUT2D eigenvalue weighted by molar-refractivity contribution is 5.38. The first-order valence-corrected chi connectivity index (χ1v) is 6.42. The Morgan fingerprint density at radius 1 is 1.53 bits per heavy atom. The van der Waals surface area contributed by atoms with Gasteiger partial charge in [0.05, 0.1) is 11.9 Å². The lowest BCUT2D eigenvalue weighted by Crippen LogP contribution is -2.40. The molecule has 1 aromatic carbocycles. The molecule has 2 aromatic rings. The number of ether oxygens (including phenoxy) is 1. The number of hydrazine groups is 1. The molecule has 1 aliphatic rings. The van der Waals surface area contributed by atoms with Crippen LogP contribution < -0.4 is 16.0 Å². The molecule has 100 valence electrons. The number of aromatic nitrogens is 3. The Balaban J connectivity index is 1.86. The van der Waals surface area contributed by atoms with Crippen molar-refractivity contribution in [1.29, 1.82) is 0 Å². The molecule has 6 heteroatoms. The van der Waals surface area contributed by atoms with E-state index in [0.29, 0.717) is 0 Å². The lowest BCUT2D eigenvalue weighted by atomic mass is 10.0. The van der Waals surface area contributed by atoms with Crippen LogP contribution >= 0.6 is 0 Å². The smallest absolute Gasteiger partial charge is 0.125 e. The monoisotopic (exact) mass is 259 g/mol. The molecule has 0 amide bonds. The molecule has 0 aliphatic carbocycles. The Kier molecular flexibility index (Phi) is 3.18. The first-order chi connectivity index (χ1) is 9.33. The van der Waals surface area contributed by atoms with E-state index in [4.69, 9.17) is 10.6 Å². The first kappa shape index (κ1) is 12.1. The highest BCUT2D eigenvalue weighted by Crippen LogP contribution is 2.33. The van der Waals surface area contributed by atoms with Crippen LogP contribution in [0, 0.1) is 0 Å². The molecule has 3 N–H and O–H groups in total. The van der Waals surface area contributed by atoms with Gasteiger partial charge in [-0.25, -0.2) is 10.1 Å². The molecular weight excluding hydrogens is 242 g/mol. The van der Waals surface area contributed by atoms with Crippen LogP contribution in [0.4, 0.5) is 0 Å². The van der Waals surface area contributed by atoms with E-state index in [1.165, 1.54) is 5.56 Å². The van der Waals surface area contributed by atoms with Gasteiger partial charge < -0.3 is 4.74 Å². The average molecular weight is 259 g/mol. The van der Waals surface area contributed by atoms with Crippen molar-refractivity contribution < 1.29 is 4.74 Å². The van der Waals surface area contributed by atoms with Crippen molar-refractivity contribution in [3.8, 4) is 5.75 Å². The van der Waals surface area contributed by atoms with Crippen LogP contribution in [-0.4, -0.2) is 21.1 Å². The van der Waals surface area contributed by atoms with E-state index >= 15 is 0 Å². The number of nitrogens with one attached hydrogen (secondary N) is 1. The molecule has 2 heterocycles. The van der Waals surface area contributed by atoms with Crippen molar-refractivity contribution >= 4 is 0 Å². The fourth-order valence-corrected chi connectivity index (χ4v) is 2.53. The van der Waals surface area contributed by atoms with Crippen LogP contribution in [0.2, 0.25) is 0 Å². The zero-order valence-electron chi connectivity index (χ0n) is 10.8. The van der Waals surface area contributed by atoms with Gasteiger partial charge in [-0.05, 0) is 18.6 Å². The number of benzene rings is 1. The largest absolute Gasteiger partial charge is 0.488 e. The summed E-state index contributed by atoms with van der Waals surface area (Å²) in [7, 11) is 0. The van der Waals surface area contributed by atoms with Crippen LogP contribution in [0.15, 0.2) is 30.5 Å². The second-order valence-corrected chi connectivity index (χ2v) is 4.59. The van der Waals surface area contributed by atoms with E-state index in [-0.39, 0.29) is 12.1 Å². The molecule has 0 radical (unpaired) electrons. The van der Waals surface area contributed by atoms with Gasteiger partial charge >= 0.3 is 0 Å². The Hall–Kier alpha value is -1.92. The Labute approximate surface area is 111 Å². The van der Waals surface area contributed by atoms with Crippen LogP contribution in [0.25, 0.3) is 0 Å². The SMILES string of the molecule is CCn1nncc1C(NN)C1Cc2ccccc2O1. The van der Waals surface area contributed by atoms with Crippen molar-refractivity contribution in [2.45, 2.75) is 32.0 Å². The molecule has 0 fully saturated rings. The Morgan fingerprint density at radius 3 is 3.11 bits per heavy atom. The predicted octanol–water partition coefficient (Wildman–Crippen LogP) is 0.806. The standard InChI is InChI=1S/C13H17N5O/c1-2-18-10(8-15-17-18)13(16-14)12-7-9-5-3-4-6-11(9)19-12/h3-6,8,12-13,16H,2,7,14H2,1H3. The lowest BCUT2D eigenvalue weighted by molar-refractivity contribution is 0.173. The zero-order valence-corrected chi connectivity index (χ0v) is 10.8. The minimum Gasteiger partial charge on any atom is -0.488 e. The maximum Gasteiger partial charge on any atom is 0.125 e. The van der Waals surface area contributed by atoms with Gasteiger partial charge in [-0.3, -0.25) is 5.84 Å². The first-order valence-electron chi connectivity index (χ1n) is 6.42. The van der Waals surface area contributed by atoms with Crippen LogP contribution in [0.1, 0.15) is 24.2 Å². The van der Waals surface area contributed by atoms with Gasteiger partial charge in [0.25, 0.3) is 0 Å². The molecule has 0 saturated carbocycles. The van der Waals surface area contributed by atoms with E-state index in [2.05, 4.69) is 21.8 Å². The normalized spacial score (nSPS) is 18.9. The van der Waals surface area contributed by atoms with Gasteiger partial charge in [0.2, 0.25) is 0 Å². The van der Waals surface area contributed by atoms with Gasteiger partial charge in [0.1, 0.15) is 17.9 Å². The molecule has 0 bridgehead atoms. The van der Waals surface area contributed by atoms with Gasteiger partial charge in [-0.15, -0.1) is 5.10 Å². The van der Waals surface area contributed by atoms with E-state index in [0.717, 1.165) is 24.4 Å². The van der Waals surface area contributed by atoms with E-state index in [1.54, 1.807) is 6.20 Å². The van der Waals surface area contributed by atoms with Crippen molar-refractivity contribution in [3.63, 3.8) is 0 Å². The molecule has 1 aromatic heterocycles. The van der Waals surface area contributed by atoms with Gasteiger partial charge in [-0.1, -0.05) is 23.4 Å². The minimum atomic E-state index is -0.123. The summed E-state index contributed by atoms with van der Waals surface area (Å²) in [6, 6.07) is 7.94. The number of rotatable bonds is 4. The van der Waals surface area contributed by atoms with Crippen molar-refractivity contribution in [1.82, 2.24) is 20.4 Å². The zero-order chi connectivity index (χ0) is 13.2. The second kappa shape index (κ2) is 4.99. The van der Waals surface area contributed by atoms with Crippen LogP contribution in [0.5, 0.6) is 5.75 Å². The van der Waals surface area contributed by atoms with Crippen LogP contribution in [-0.2, 0) is 13.0 Å². The van der Waals surface area contributed by atoms with Crippen molar-refractivity contribution in [2.24, 2.45) is 5.84 Å². The number of hydrogen-bond donors (Lipinski definition) is 2. The van der Waals surface area contributed by atoms with Gasteiger partial charge in [-0.2, -0.15) is 0 Å². The summed E-state index contributed by atoms with van der Waals surface area (Å²) in [5.41, 5.74) is 4.99. The molecular formula is C13H17N5O. The number of aryl methyl sites for hydroxylation is 1. The molecule has 19 heavy (non-hydrogen) atoms. The third-order valence-electron chi connectivity index (χ3n) is 3.49. The lowest BCUT2D eigenvalue weighted by Gasteiger charge is -2.22. The molecule has 0 spiro atoms. The van der Waals surface area contributed by atoms with Gasteiger partial charge in [0, 0.05) is 13.0 Å². The van der Waals surface area contributed by atoms with E-state index in [1.807, 2.05) is 29.8 Å². The molecule has 2 atom stereocenters. The summed E-state index contributed by atoms with van der Waals surface area (Å²) in [5, 5.41) is 7.98. The maximum absolute atomic E-state index is 5.97. The number of nitrogens with zero attached hydrogens (tertiary/aromatic N) is 3. The van der Waals surface area contributed by atoms with Crippen LogP contribution in [0.3, 0.4) is 0 Å². The number of para-hydroxylation sites is 1. The Bertz CT molecular complexity index is 543. The summed E-state index contributed by atoms with van der Waals surface area (Å²) >= 11 is 0. The maximum atomic E-state index is 5.97. The average Bonchev–Trinajstić information content (AvgIpc) is 3.05. The second-order valence-electron chi connectivity index (χ2n) is 4.59. The molecule has 0 saturated heterocycles. The van der Waals surface area contributed by atoms with Crippen molar-refractivity contribution in [2.75, 3.05) is 0 Å². The molecule has 3 rings (SSSR count). The third-order valence-corrected chi connectivity index (χ3v) is 3.49. The summed E-state index contributed by atoms with van der Waals surface area (Å²) in [4.78, 5) is 0. The summed E-state index contributed by atoms with van der Waals surface area (Å²) in [6.45, 7) is 2.78. The number of hydrogen-bond acceptors (Lipinski definition) is 5. The van der Waals surface area contributed by atoms with E-state index in [9.17, 15) is 0 Å². The molecule has 6 nitrogen and oxygen atoms in total.